The minimum atomic E-state index is 1.16. The highest BCUT2D eigenvalue weighted by Crippen LogP contribution is 2.26. The summed E-state index contributed by atoms with van der Waals surface area (Å²) in [5.41, 5.74) is 1.26. The quantitative estimate of drug-likeness (QED) is 0.472. The molecule has 54 valence electrons. The van der Waals surface area contributed by atoms with Crippen LogP contribution in [0.3, 0.4) is 0 Å². The van der Waals surface area contributed by atoms with E-state index in [0.29, 0.717) is 0 Å². The van der Waals surface area contributed by atoms with Gasteiger partial charge in [-0.1, -0.05) is 15.9 Å². The lowest BCUT2D eigenvalue weighted by molar-refractivity contribution is 1.39. The van der Waals surface area contributed by atoms with Crippen molar-refractivity contribution < 1.29 is 0 Å². The van der Waals surface area contributed by atoms with Crippen molar-refractivity contribution in [2.45, 2.75) is 6.92 Å². The van der Waals surface area contributed by atoms with Gasteiger partial charge in [-0.15, -0.1) is 0 Å². The topological polar surface area (TPSA) is 0 Å². The molecular formula is C7H5Br2I. The molecule has 0 spiro atoms. The smallest absolute Gasteiger partial charge is 0.0312 e. The summed E-state index contributed by atoms with van der Waals surface area (Å²) in [4.78, 5) is 0. The van der Waals surface area contributed by atoms with Crippen molar-refractivity contribution in [2.24, 2.45) is 0 Å². The fraction of sp³-hybridized carbons (Fsp3) is 0.143. The Balaban J connectivity index is 3.28. The number of hydrogen-bond acceptors (Lipinski definition) is 0. The lowest BCUT2D eigenvalue weighted by Crippen LogP contribution is -1.79. The second kappa shape index (κ2) is 3.54. The van der Waals surface area contributed by atoms with Crippen molar-refractivity contribution in [2.75, 3.05) is 0 Å². The molecule has 0 fully saturated rings. The van der Waals surface area contributed by atoms with Gasteiger partial charge in [0.1, 0.15) is 0 Å². The number of benzene rings is 1. The third-order valence-corrected chi connectivity index (χ3v) is 4.35. The van der Waals surface area contributed by atoms with Crippen LogP contribution in [0.2, 0.25) is 0 Å². The van der Waals surface area contributed by atoms with Crippen LogP contribution in [0.1, 0.15) is 5.56 Å². The van der Waals surface area contributed by atoms with Crippen molar-refractivity contribution in [1.82, 2.24) is 0 Å². The molecule has 1 aromatic rings. The van der Waals surface area contributed by atoms with Crippen LogP contribution in [0.5, 0.6) is 0 Å². The number of hydrogen-bond donors (Lipinski definition) is 0. The summed E-state index contributed by atoms with van der Waals surface area (Å²) in [6.45, 7) is 2.07. The molecule has 1 rings (SSSR count). The van der Waals surface area contributed by atoms with Crippen molar-refractivity contribution in [1.29, 1.82) is 0 Å². The summed E-state index contributed by atoms with van der Waals surface area (Å²) in [7, 11) is 0. The van der Waals surface area contributed by atoms with E-state index in [1.54, 1.807) is 0 Å². The van der Waals surface area contributed by atoms with E-state index in [2.05, 4.69) is 73.5 Å². The molecule has 0 atom stereocenters. The van der Waals surface area contributed by atoms with E-state index in [-0.39, 0.29) is 0 Å². The van der Waals surface area contributed by atoms with E-state index in [1.807, 2.05) is 0 Å². The van der Waals surface area contributed by atoms with Gasteiger partial charge in [0.15, 0.2) is 0 Å². The molecule has 0 heterocycles. The van der Waals surface area contributed by atoms with Crippen LogP contribution >= 0.6 is 54.5 Å². The Morgan fingerprint density at radius 1 is 1.20 bits per heavy atom. The summed E-state index contributed by atoms with van der Waals surface area (Å²) in [5, 5.41) is 0. The Morgan fingerprint density at radius 3 is 2.30 bits per heavy atom. The molecule has 0 radical (unpaired) electrons. The van der Waals surface area contributed by atoms with Gasteiger partial charge in [0.2, 0.25) is 0 Å². The second-order valence-electron chi connectivity index (χ2n) is 2.02. The Kier molecular flexibility index (Phi) is 3.19. The molecular weight excluding hydrogens is 371 g/mol. The first-order valence-electron chi connectivity index (χ1n) is 2.72. The summed E-state index contributed by atoms with van der Waals surface area (Å²) < 4.78 is 3.56. The first kappa shape index (κ1) is 9.00. The molecule has 0 aliphatic heterocycles. The van der Waals surface area contributed by atoms with Crippen LogP contribution in [0, 0.1) is 10.5 Å². The second-order valence-corrected chi connectivity index (χ2v) is 4.89. The Bertz CT molecular complexity index is 208. The molecule has 0 aliphatic carbocycles. The molecule has 0 bridgehead atoms. The summed E-state index contributed by atoms with van der Waals surface area (Å²) in [6.07, 6.45) is 0. The molecule has 0 amide bonds. The average molecular weight is 376 g/mol. The highest BCUT2D eigenvalue weighted by atomic mass is 127. The van der Waals surface area contributed by atoms with Gasteiger partial charge in [-0.3, -0.25) is 0 Å². The SMILES string of the molecule is Cc1cc(Br)c(I)cc1Br. The largest absolute Gasteiger partial charge is 0.0505 e. The van der Waals surface area contributed by atoms with E-state index in [4.69, 9.17) is 0 Å². The molecule has 3 heteroatoms. The maximum Gasteiger partial charge on any atom is 0.0312 e. The normalized spacial score (nSPS) is 10.0. The zero-order chi connectivity index (χ0) is 7.72. The van der Waals surface area contributed by atoms with Crippen LogP contribution in [0.25, 0.3) is 0 Å². The zero-order valence-corrected chi connectivity index (χ0v) is 10.6. The van der Waals surface area contributed by atoms with Crippen molar-refractivity contribution >= 4 is 54.5 Å². The van der Waals surface area contributed by atoms with Gasteiger partial charge in [0, 0.05) is 12.5 Å². The van der Waals surface area contributed by atoms with E-state index in [1.165, 1.54) is 13.6 Å². The van der Waals surface area contributed by atoms with Crippen LogP contribution in [0.4, 0.5) is 0 Å². The van der Waals surface area contributed by atoms with Crippen LogP contribution < -0.4 is 0 Å². The minimum Gasteiger partial charge on any atom is -0.0505 e. The predicted molar refractivity (Wildman–Crippen MR) is 59.3 cm³/mol. The van der Waals surface area contributed by atoms with E-state index in [9.17, 15) is 0 Å². The van der Waals surface area contributed by atoms with Crippen LogP contribution in [-0.2, 0) is 0 Å². The van der Waals surface area contributed by atoms with Gasteiger partial charge in [0.05, 0.1) is 0 Å². The van der Waals surface area contributed by atoms with Gasteiger partial charge >= 0.3 is 0 Å². The molecule has 1 aromatic carbocycles. The molecule has 0 N–H and O–H groups in total. The fourth-order valence-corrected chi connectivity index (χ4v) is 2.32. The Hall–Kier alpha value is 0.910. The lowest BCUT2D eigenvalue weighted by Gasteiger charge is -2.00. The summed E-state index contributed by atoms with van der Waals surface area (Å²) >= 11 is 9.20. The predicted octanol–water partition coefficient (Wildman–Crippen LogP) is 4.12. The van der Waals surface area contributed by atoms with Crippen LogP contribution in [0.15, 0.2) is 21.1 Å². The monoisotopic (exact) mass is 374 g/mol. The van der Waals surface area contributed by atoms with Gasteiger partial charge in [-0.25, -0.2) is 0 Å². The van der Waals surface area contributed by atoms with Crippen molar-refractivity contribution in [3.05, 3.63) is 30.2 Å². The molecule has 0 saturated heterocycles. The van der Waals surface area contributed by atoms with Crippen molar-refractivity contribution in [3.63, 3.8) is 0 Å². The standard InChI is InChI=1S/C7H5Br2I/c1-4-2-6(9)7(10)3-5(4)8/h2-3H,1H3. The zero-order valence-electron chi connectivity index (χ0n) is 5.29. The minimum absolute atomic E-state index is 1.16. The summed E-state index contributed by atoms with van der Waals surface area (Å²) in [5.74, 6) is 0. The Labute approximate surface area is 90.8 Å². The van der Waals surface area contributed by atoms with Gasteiger partial charge in [-0.2, -0.15) is 0 Å². The van der Waals surface area contributed by atoms with Crippen LogP contribution in [-0.4, -0.2) is 0 Å². The highest BCUT2D eigenvalue weighted by Gasteiger charge is 1.99. The first-order chi connectivity index (χ1) is 4.61. The molecule has 0 saturated carbocycles. The molecule has 10 heavy (non-hydrogen) atoms. The molecule has 0 aliphatic rings. The summed E-state index contributed by atoms with van der Waals surface area (Å²) in [6, 6.07) is 4.20. The fourth-order valence-electron chi connectivity index (χ4n) is 0.622. The van der Waals surface area contributed by atoms with E-state index < -0.39 is 0 Å². The third-order valence-electron chi connectivity index (χ3n) is 1.20. The maximum atomic E-state index is 3.45. The number of halogens is 3. The molecule has 0 nitrogen and oxygen atoms in total. The molecule has 0 aromatic heterocycles. The van der Waals surface area contributed by atoms with Crippen molar-refractivity contribution in [3.8, 4) is 0 Å². The maximum absolute atomic E-state index is 3.45. The van der Waals surface area contributed by atoms with E-state index in [0.717, 1.165) is 4.47 Å². The van der Waals surface area contributed by atoms with Gasteiger partial charge in [0.25, 0.3) is 0 Å². The Morgan fingerprint density at radius 2 is 1.80 bits per heavy atom. The highest BCUT2D eigenvalue weighted by molar-refractivity contribution is 14.1. The number of rotatable bonds is 0. The first-order valence-corrected chi connectivity index (χ1v) is 5.39. The van der Waals surface area contributed by atoms with Gasteiger partial charge in [-0.05, 0) is 63.1 Å². The third kappa shape index (κ3) is 1.95. The van der Waals surface area contributed by atoms with E-state index >= 15 is 0 Å². The average Bonchev–Trinajstić information content (AvgIpc) is 1.84. The van der Waals surface area contributed by atoms with Gasteiger partial charge < -0.3 is 0 Å². The lowest BCUT2D eigenvalue weighted by atomic mass is 10.2. The molecule has 0 unspecified atom stereocenters. The number of aryl methyl sites for hydroxylation is 1.